The average molecular weight is 339 g/mol. The van der Waals surface area contributed by atoms with Crippen molar-refractivity contribution in [2.24, 2.45) is 0 Å². The van der Waals surface area contributed by atoms with E-state index in [2.05, 4.69) is 15.5 Å². The summed E-state index contributed by atoms with van der Waals surface area (Å²) in [6.45, 7) is 0.0243. The number of nitrogens with one attached hydrogen (secondary N) is 3. The Morgan fingerprint density at radius 1 is 1.43 bits per heavy atom. The lowest BCUT2D eigenvalue weighted by Gasteiger charge is -2.25. The highest BCUT2D eigenvalue weighted by molar-refractivity contribution is 6.14. The number of methoxy groups -OCH3 is 1. The van der Waals surface area contributed by atoms with Crippen LogP contribution in [0.15, 0.2) is 24.4 Å². The van der Waals surface area contributed by atoms with Crippen molar-refractivity contribution in [1.82, 2.24) is 20.0 Å². The highest BCUT2D eigenvalue weighted by Crippen LogP contribution is 2.31. The summed E-state index contributed by atoms with van der Waals surface area (Å²) in [6, 6.07) is 4.62. The second-order valence-corrected chi connectivity index (χ2v) is 5.60. The second-order valence-electron chi connectivity index (χ2n) is 5.33. The third-order valence-corrected chi connectivity index (χ3v) is 4.02. The van der Waals surface area contributed by atoms with Crippen molar-refractivity contribution in [2.75, 3.05) is 13.7 Å². The van der Waals surface area contributed by atoms with Crippen molar-refractivity contribution in [3.8, 4) is 11.6 Å². The van der Waals surface area contributed by atoms with E-state index in [9.17, 15) is 14.7 Å². The van der Waals surface area contributed by atoms with Gasteiger partial charge in [0.15, 0.2) is 11.4 Å². The van der Waals surface area contributed by atoms with Gasteiger partial charge in [-0.2, -0.15) is 0 Å². The molecule has 0 saturated carbocycles. The number of benzene rings is 1. The minimum absolute atomic E-state index is 0.00339. The largest absolute Gasteiger partial charge is 0.497 e. The number of rotatable bonds is 5. The van der Waals surface area contributed by atoms with E-state index in [4.69, 9.17) is 16.5 Å². The van der Waals surface area contributed by atoms with Crippen LogP contribution in [0.5, 0.6) is 11.6 Å². The number of aromatic nitrogens is 1. The number of hydrogen-bond donors (Lipinski definition) is 4. The molecule has 1 saturated heterocycles. The van der Waals surface area contributed by atoms with Crippen LogP contribution in [0.1, 0.15) is 0 Å². The molecule has 1 aliphatic rings. The highest BCUT2D eigenvalue weighted by Gasteiger charge is 2.46. The van der Waals surface area contributed by atoms with Crippen molar-refractivity contribution >= 4 is 34.5 Å². The topological polar surface area (TPSA) is 105 Å². The molecule has 3 amide bonds. The summed E-state index contributed by atoms with van der Waals surface area (Å²) in [4.78, 5) is 26.0. The van der Waals surface area contributed by atoms with Gasteiger partial charge in [0, 0.05) is 23.5 Å². The van der Waals surface area contributed by atoms with Crippen LogP contribution in [0.3, 0.4) is 0 Å². The van der Waals surface area contributed by atoms with Gasteiger partial charge in [-0.05, 0) is 30.0 Å². The van der Waals surface area contributed by atoms with Crippen LogP contribution < -0.4 is 20.2 Å². The van der Waals surface area contributed by atoms with Crippen LogP contribution in [0.2, 0.25) is 0 Å². The van der Waals surface area contributed by atoms with Crippen LogP contribution in [0, 0.1) is 0 Å². The minimum Gasteiger partial charge on any atom is -0.497 e. The molecule has 4 N–H and O–H groups in total. The van der Waals surface area contributed by atoms with Gasteiger partial charge in [-0.3, -0.25) is 10.1 Å². The third-order valence-electron chi connectivity index (χ3n) is 3.89. The smallest absolute Gasteiger partial charge is 0.322 e. The minimum atomic E-state index is -1.28. The van der Waals surface area contributed by atoms with Crippen molar-refractivity contribution in [1.29, 1.82) is 0 Å². The second kappa shape index (κ2) is 5.64. The number of hydrogen-bond acceptors (Lipinski definition) is 5. The Kier molecular flexibility index (Phi) is 3.78. The molecule has 3 rings (SSSR count). The lowest BCUT2D eigenvalue weighted by Crippen LogP contribution is -2.55. The molecule has 0 aliphatic carbocycles. The molecule has 0 bridgehead atoms. The molecule has 8 nitrogen and oxygen atoms in total. The van der Waals surface area contributed by atoms with Gasteiger partial charge in [0.1, 0.15) is 5.75 Å². The first-order valence-corrected chi connectivity index (χ1v) is 7.20. The number of amides is 3. The molecule has 122 valence electrons. The van der Waals surface area contributed by atoms with Crippen LogP contribution in [0.4, 0.5) is 4.79 Å². The van der Waals surface area contributed by atoms with Gasteiger partial charge >= 0.3 is 6.03 Å². The summed E-state index contributed by atoms with van der Waals surface area (Å²) in [5.41, 5.74) is -1.28. The predicted octanol–water partition coefficient (Wildman–Crippen LogP) is 0.677. The number of aromatic hydroxyl groups is 1. The Hall–Kier alpha value is -2.45. The van der Waals surface area contributed by atoms with E-state index in [1.807, 2.05) is 0 Å². The van der Waals surface area contributed by atoms with Crippen molar-refractivity contribution in [3.63, 3.8) is 0 Å². The third kappa shape index (κ3) is 2.55. The van der Waals surface area contributed by atoms with Crippen molar-refractivity contribution < 1.29 is 19.4 Å². The van der Waals surface area contributed by atoms with Crippen LogP contribution in [-0.2, 0) is 11.3 Å². The monoisotopic (exact) mass is 338 g/mol. The molecular weight excluding hydrogens is 324 g/mol. The molecule has 0 radical (unpaired) electrons. The molecule has 1 unspecified atom stereocenters. The van der Waals surface area contributed by atoms with Gasteiger partial charge in [-0.1, -0.05) is 0 Å². The first-order chi connectivity index (χ1) is 11.0. The quantitative estimate of drug-likeness (QED) is 0.474. The number of fused-ring (bicyclic) bond motifs is 1. The van der Waals surface area contributed by atoms with E-state index < -0.39 is 17.5 Å². The lowest BCUT2D eigenvalue weighted by molar-refractivity contribution is -0.124. The number of ether oxygens (including phenoxy) is 1. The Morgan fingerprint density at radius 2 is 2.22 bits per heavy atom. The van der Waals surface area contributed by atoms with Crippen molar-refractivity contribution in [2.45, 2.75) is 12.1 Å². The molecule has 0 spiro atoms. The van der Waals surface area contributed by atoms with Crippen LogP contribution in [-0.4, -0.2) is 40.8 Å². The van der Waals surface area contributed by atoms with Crippen molar-refractivity contribution in [3.05, 3.63) is 24.4 Å². The molecular formula is C14H15ClN4O4. The van der Waals surface area contributed by atoms with Crippen LogP contribution >= 0.6 is 11.8 Å². The summed E-state index contributed by atoms with van der Waals surface area (Å²) in [5, 5.41) is 16.5. The van der Waals surface area contributed by atoms with Gasteiger partial charge in [0.05, 0.1) is 13.7 Å². The van der Waals surface area contributed by atoms with E-state index in [1.54, 1.807) is 31.5 Å². The number of halogens is 1. The summed E-state index contributed by atoms with van der Waals surface area (Å²) >= 11 is 5.54. The summed E-state index contributed by atoms with van der Waals surface area (Å²) in [6.07, 6.45) is 1.68. The average Bonchev–Trinajstić information content (AvgIpc) is 2.96. The van der Waals surface area contributed by atoms with E-state index in [0.717, 1.165) is 5.39 Å². The molecule has 23 heavy (non-hydrogen) atoms. The molecule has 1 atom stereocenters. The molecule has 9 heteroatoms. The molecule has 1 aromatic carbocycles. The fourth-order valence-electron chi connectivity index (χ4n) is 2.71. The molecule has 2 aromatic rings. The van der Waals surface area contributed by atoms with Gasteiger partial charge in [-0.25, -0.2) is 9.63 Å². The maximum Gasteiger partial charge on any atom is 0.322 e. The van der Waals surface area contributed by atoms with Crippen LogP contribution in [0.25, 0.3) is 10.8 Å². The zero-order chi connectivity index (χ0) is 16.6. The number of carbonyl (C=O) groups excluding carboxylic acids is 2. The lowest BCUT2D eigenvalue weighted by atomic mass is 10.0. The zero-order valence-corrected chi connectivity index (χ0v) is 13.0. The maximum absolute atomic E-state index is 12.1. The molecule has 1 aromatic heterocycles. The number of carbonyl (C=O) groups is 2. The van der Waals surface area contributed by atoms with E-state index in [0.29, 0.717) is 11.1 Å². The first-order valence-electron chi connectivity index (χ1n) is 6.82. The van der Waals surface area contributed by atoms with Gasteiger partial charge in [0.25, 0.3) is 5.91 Å². The fraction of sp³-hybridized carbons (Fsp3) is 0.286. The summed E-state index contributed by atoms with van der Waals surface area (Å²) in [5.74, 6) is 0.134. The molecule has 2 heterocycles. The Morgan fingerprint density at radius 3 is 2.83 bits per heavy atom. The predicted molar refractivity (Wildman–Crippen MR) is 83.4 cm³/mol. The van der Waals surface area contributed by atoms with Gasteiger partial charge < -0.3 is 19.7 Å². The summed E-state index contributed by atoms with van der Waals surface area (Å²) in [7, 11) is 1.55. The molecule has 1 fully saturated rings. The number of imide groups is 1. The number of urea groups is 1. The molecule has 1 aliphatic heterocycles. The maximum atomic E-state index is 12.1. The first kappa shape index (κ1) is 15.4. The zero-order valence-electron chi connectivity index (χ0n) is 12.2. The fourth-order valence-corrected chi connectivity index (χ4v) is 2.94. The summed E-state index contributed by atoms with van der Waals surface area (Å²) < 4.78 is 6.64. The van der Waals surface area contributed by atoms with E-state index in [1.165, 1.54) is 4.57 Å². The van der Waals surface area contributed by atoms with E-state index >= 15 is 0 Å². The highest BCUT2D eigenvalue weighted by atomic mass is 35.5. The standard InChI is InChI=1S/C14H15ClN4O4/c1-23-9-2-3-10-8(4-9)5-19(11(10)20)7-14(6-16-15)12(21)17-13(22)18-14/h2-5,16,20H,6-7H2,1H3,(H2,17,18,21,22). The van der Waals surface area contributed by atoms with Gasteiger partial charge in [-0.15, -0.1) is 0 Å². The number of nitrogens with zero attached hydrogens (tertiary/aromatic N) is 1. The Labute approximate surface area is 136 Å². The Balaban J connectivity index is 2.00. The van der Waals surface area contributed by atoms with Gasteiger partial charge in [0.2, 0.25) is 0 Å². The SMILES string of the molecule is COc1ccc2c(O)n(CC3(CNCl)NC(=O)NC3=O)cc2c1. The normalized spacial score (nSPS) is 20.6. The Bertz CT molecular complexity index is 790. The van der Waals surface area contributed by atoms with E-state index in [-0.39, 0.29) is 19.0 Å².